The minimum Gasteiger partial charge on any atom is -0.380 e. The van der Waals surface area contributed by atoms with Gasteiger partial charge < -0.3 is 4.74 Å². The average Bonchev–Trinajstić information content (AvgIpc) is 2.69. The topological polar surface area (TPSA) is 12.5 Å². The Morgan fingerprint density at radius 2 is 2.36 bits per heavy atom. The Morgan fingerprint density at radius 3 is 2.93 bits per heavy atom. The molecule has 0 aliphatic carbocycles. The largest absolute Gasteiger partial charge is 0.380 e. The maximum Gasteiger partial charge on any atom is 0.0593 e. The number of likely N-dealkylation sites (N-methyl/N-ethyl adjacent to an activating group) is 1. The zero-order chi connectivity index (χ0) is 10.4. The molecule has 0 aliphatic rings. The molecule has 14 heavy (non-hydrogen) atoms. The van der Waals surface area contributed by atoms with Crippen LogP contribution in [-0.2, 0) is 4.74 Å². The molecular weight excluding hydrogens is 194 g/mol. The van der Waals surface area contributed by atoms with Gasteiger partial charge in [-0.15, -0.1) is 11.3 Å². The predicted molar refractivity (Wildman–Crippen MR) is 61.9 cm³/mol. The van der Waals surface area contributed by atoms with Gasteiger partial charge in [-0.05, 0) is 32.3 Å². The van der Waals surface area contributed by atoms with E-state index in [-0.39, 0.29) is 0 Å². The maximum atomic E-state index is 5.33. The van der Waals surface area contributed by atoms with Crippen LogP contribution in [0.2, 0.25) is 0 Å². The molecule has 0 aliphatic heterocycles. The summed E-state index contributed by atoms with van der Waals surface area (Å²) in [5.74, 6) is 0. The lowest BCUT2D eigenvalue weighted by Crippen LogP contribution is -2.25. The fraction of sp³-hybridized carbons (Fsp3) is 0.636. The molecule has 80 valence electrons. The van der Waals surface area contributed by atoms with Crippen molar-refractivity contribution in [3.63, 3.8) is 0 Å². The van der Waals surface area contributed by atoms with Crippen molar-refractivity contribution in [1.29, 1.82) is 0 Å². The van der Waals surface area contributed by atoms with Gasteiger partial charge in [0.1, 0.15) is 0 Å². The second-order valence-electron chi connectivity index (χ2n) is 3.37. The van der Waals surface area contributed by atoms with Crippen molar-refractivity contribution in [2.24, 2.45) is 0 Å². The van der Waals surface area contributed by atoms with Crippen molar-refractivity contribution in [2.45, 2.75) is 19.9 Å². The molecule has 0 radical (unpaired) electrons. The molecule has 1 rings (SSSR count). The van der Waals surface area contributed by atoms with Gasteiger partial charge in [0.05, 0.1) is 6.61 Å². The van der Waals surface area contributed by atoms with Crippen LogP contribution >= 0.6 is 11.3 Å². The summed E-state index contributed by atoms with van der Waals surface area (Å²) in [6.07, 6.45) is 0. The first kappa shape index (κ1) is 11.7. The molecule has 2 nitrogen and oxygen atoms in total. The fourth-order valence-electron chi connectivity index (χ4n) is 1.29. The van der Waals surface area contributed by atoms with E-state index in [1.165, 1.54) is 4.88 Å². The Bertz CT molecular complexity index is 235. The summed E-state index contributed by atoms with van der Waals surface area (Å²) in [5.41, 5.74) is 0. The summed E-state index contributed by atoms with van der Waals surface area (Å²) >= 11 is 1.82. The second-order valence-corrected chi connectivity index (χ2v) is 4.35. The van der Waals surface area contributed by atoms with Crippen molar-refractivity contribution in [3.05, 3.63) is 22.4 Å². The standard InChI is InChI=1S/C11H19NOS/c1-4-13-8-7-12(3)10(2)11-6-5-9-14-11/h5-6,9-10H,4,7-8H2,1-3H3. The van der Waals surface area contributed by atoms with Crippen LogP contribution in [0.1, 0.15) is 24.8 Å². The summed E-state index contributed by atoms with van der Waals surface area (Å²) < 4.78 is 5.33. The van der Waals surface area contributed by atoms with E-state index in [1.54, 1.807) is 0 Å². The van der Waals surface area contributed by atoms with Crippen molar-refractivity contribution in [3.8, 4) is 0 Å². The van der Waals surface area contributed by atoms with Crippen LogP contribution < -0.4 is 0 Å². The highest BCUT2D eigenvalue weighted by Crippen LogP contribution is 2.22. The summed E-state index contributed by atoms with van der Waals surface area (Å²) in [6, 6.07) is 4.79. The fourth-order valence-corrected chi connectivity index (χ4v) is 2.14. The quantitative estimate of drug-likeness (QED) is 0.674. The third kappa shape index (κ3) is 3.40. The average molecular weight is 213 g/mol. The van der Waals surface area contributed by atoms with Crippen LogP contribution in [-0.4, -0.2) is 31.7 Å². The number of ether oxygens (including phenoxy) is 1. The van der Waals surface area contributed by atoms with Crippen LogP contribution in [0.5, 0.6) is 0 Å². The predicted octanol–water partition coefficient (Wildman–Crippen LogP) is 2.78. The third-order valence-electron chi connectivity index (χ3n) is 2.41. The van der Waals surface area contributed by atoms with Gasteiger partial charge in [0.25, 0.3) is 0 Å². The van der Waals surface area contributed by atoms with E-state index in [1.807, 2.05) is 18.3 Å². The molecule has 0 fully saturated rings. The number of nitrogens with zero attached hydrogens (tertiary/aromatic N) is 1. The van der Waals surface area contributed by atoms with E-state index in [4.69, 9.17) is 4.74 Å². The molecule has 1 heterocycles. The lowest BCUT2D eigenvalue weighted by Gasteiger charge is -2.23. The Hall–Kier alpha value is -0.380. The summed E-state index contributed by atoms with van der Waals surface area (Å²) in [6.45, 7) is 6.89. The maximum absolute atomic E-state index is 5.33. The highest BCUT2D eigenvalue weighted by molar-refractivity contribution is 7.10. The van der Waals surface area contributed by atoms with Crippen LogP contribution in [0.4, 0.5) is 0 Å². The lowest BCUT2D eigenvalue weighted by atomic mass is 10.2. The van der Waals surface area contributed by atoms with Gasteiger partial charge in [-0.2, -0.15) is 0 Å². The number of hydrogen-bond acceptors (Lipinski definition) is 3. The monoisotopic (exact) mass is 213 g/mol. The van der Waals surface area contributed by atoms with Gasteiger partial charge in [0, 0.05) is 24.1 Å². The molecule has 0 bridgehead atoms. The van der Waals surface area contributed by atoms with E-state index in [2.05, 4.69) is 36.4 Å². The van der Waals surface area contributed by atoms with E-state index >= 15 is 0 Å². The van der Waals surface area contributed by atoms with Crippen molar-refractivity contribution >= 4 is 11.3 Å². The molecular formula is C11H19NOS. The van der Waals surface area contributed by atoms with E-state index in [0.717, 1.165) is 19.8 Å². The lowest BCUT2D eigenvalue weighted by molar-refractivity contribution is 0.111. The molecule has 0 amide bonds. The van der Waals surface area contributed by atoms with Crippen LogP contribution in [0.25, 0.3) is 0 Å². The highest BCUT2D eigenvalue weighted by atomic mass is 32.1. The van der Waals surface area contributed by atoms with E-state index in [9.17, 15) is 0 Å². The Labute approximate surface area is 90.5 Å². The normalized spacial score (nSPS) is 13.4. The van der Waals surface area contributed by atoms with Crippen molar-refractivity contribution in [1.82, 2.24) is 4.90 Å². The Kier molecular flexibility index (Phi) is 5.15. The smallest absolute Gasteiger partial charge is 0.0593 e. The first-order valence-electron chi connectivity index (χ1n) is 5.07. The molecule has 0 N–H and O–H groups in total. The minimum atomic E-state index is 0.496. The van der Waals surface area contributed by atoms with Gasteiger partial charge in [-0.1, -0.05) is 6.07 Å². The molecule has 0 spiro atoms. The first-order chi connectivity index (χ1) is 6.75. The zero-order valence-electron chi connectivity index (χ0n) is 9.19. The molecule has 1 unspecified atom stereocenters. The van der Waals surface area contributed by atoms with Gasteiger partial charge in [-0.3, -0.25) is 4.90 Å². The first-order valence-corrected chi connectivity index (χ1v) is 5.95. The summed E-state index contributed by atoms with van der Waals surface area (Å²) in [4.78, 5) is 3.74. The molecule has 3 heteroatoms. The summed E-state index contributed by atoms with van der Waals surface area (Å²) in [5, 5.41) is 2.13. The molecule has 0 saturated carbocycles. The Balaban J connectivity index is 2.33. The van der Waals surface area contributed by atoms with Crippen LogP contribution in [0.3, 0.4) is 0 Å². The van der Waals surface area contributed by atoms with Crippen LogP contribution in [0.15, 0.2) is 17.5 Å². The molecule has 1 aromatic rings. The third-order valence-corrected chi connectivity index (χ3v) is 3.45. The van der Waals surface area contributed by atoms with E-state index < -0.39 is 0 Å². The molecule has 0 saturated heterocycles. The highest BCUT2D eigenvalue weighted by Gasteiger charge is 2.11. The number of hydrogen-bond donors (Lipinski definition) is 0. The number of rotatable bonds is 6. The van der Waals surface area contributed by atoms with Crippen LogP contribution in [0, 0.1) is 0 Å². The van der Waals surface area contributed by atoms with Crippen molar-refractivity contribution < 1.29 is 4.74 Å². The second kappa shape index (κ2) is 6.17. The minimum absolute atomic E-state index is 0.496. The Morgan fingerprint density at radius 1 is 1.57 bits per heavy atom. The van der Waals surface area contributed by atoms with Crippen molar-refractivity contribution in [2.75, 3.05) is 26.8 Å². The van der Waals surface area contributed by atoms with Gasteiger partial charge in [0.15, 0.2) is 0 Å². The molecule has 1 aromatic heterocycles. The van der Waals surface area contributed by atoms with Gasteiger partial charge in [-0.25, -0.2) is 0 Å². The number of thiophene rings is 1. The van der Waals surface area contributed by atoms with Gasteiger partial charge >= 0.3 is 0 Å². The zero-order valence-corrected chi connectivity index (χ0v) is 10.0. The van der Waals surface area contributed by atoms with E-state index in [0.29, 0.717) is 6.04 Å². The molecule has 0 aromatic carbocycles. The summed E-state index contributed by atoms with van der Waals surface area (Å²) in [7, 11) is 2.14. The SMILES string of the molecule is CCOCCN(C)C(C)c1cccs1. The molecule has 1 atom stereocenters. The van der Waals surface area contributed by atoms with Gasteiger partial charge in [0.2, 0.25) is 0 Å².